The van der Waals surface area contributed by atoms with E-state index in [2.05, 4.69) is 47.2 Å². The lowest BCUT2D eigenvalue weighted by Gasteiger charge is -2.18. The van der Waals surface area contributed by atoms with E-state index in [9.17, 15) is 0 Å². The van der Waals surface area contributed by atoms with E-state index in [0.717, 1.165) is 64.3 Å². The minimum Gasteiger partial charge on any atom is -0.367 e. The Hall–Kier alpha value is -2.30. The smallest absolute Gasteiger partial charge is 0.151 e. The lowest BCUT2D eigenvalue weighted by molar-refractivity contribution is 0.316. The van der Waals surface area contributed by atoms with Crippen LogP contribution in [0.2, 0.25) is 5.02 Å². The van der Waals surface area contributed by atoms with E-state index >= 15 is 0 Å². The minimum atomic E-state index is 0.746. The van der Waals surface area contributed by atoms with Crippen molar-refractivity contribution in [2.75, 3.05) is 31.5 Å². The average Bonchev–Trinajstić information content (AvgIpc) is 3.04. The average molecular weight is 367 g/mol. The van der Waals surface area contributed by atoms with Gasteiger partial charge in [-0.05, 0) is 37.4 Å². The largest absolute Gasteiger partial charge is 0.367 e. The summed E-state index contributed by atoms with van der Waals surface area (Å²) in [7, 11) is 0. The highest BCUT2D eigenvalue weighted by Gasteiger charge is 2.14. The fourth-order valence-electron chi connectivity index (χ4n) is 3.58. The predicted molar refractivity (Wildman–Crippen MR) is 112 cm³/mol. The van der Waals surface area contributed by atoms with Crippen LogP contribution in [0, 0.1) is 0 Å². The molecule has 0 saturated carbocycles. The maximum atomic E-state index is 6.27. The summed E-state index contributed by atoms with van der Waals surface area (Å²) in [4.78, 5) is 10.8. The second kappa shape index (κ2) is 7.14. The number of fused-ring (bicyclic) bond motifs is 5. The molecule has 0 bridgehead atoms. The molecule has 2 aromatic heterocycles. The number of rotatable bonds is 6. The van der Waals surface area contributed by atoms with Crippen molar-refractivity contribution < 1.29 is 0 Å². The summed E-state index contributed by atoms with van der Waals surface area (Å²) in [5.41, 5.74) is 3.11. The molecule has 4 aromatic rings. The van der Waals surface area contributed by atoms with Gasteiger partial charge in [-0.15, -0.1) is 0 Å². The molecule has 4 nitrogen and oxygen atoms in total. The Balaban J connectivity index is 1.85. The normalized spacial score (nSPS) is 11.8. The van der Waals surface area contributed by atoms with E-state index in [-0.39, 0.29) is 0 Å². The van der Waals surface area contributed by atoms with E-state index in [0.29, 0.717) is 0 Å². The number of aromatic amines is 1. The van der Waals surface area contributed by atoms with E-state index in [1.165, 1.54) is 5.39 Å². The zero-order chi connectivity index (χ0) is 18.1. The molecular formula is C21H23ClN4. The molecule has 0 amide bonds. The van der Waals surface area contributed by atoms with E-state index in [1.54, 1.807) is 0 Å². The minimum absolute atomic E-state index is 0.746. The molecule has 0 aliphatic carbocycles. The summed E-state index contributed by atoms with van der Waals surface area (Å²) in [5, 5.41) is 7.74. The molecule has 0 aliphatic heterocycles. The van der Waals surface area contributed by atoms with Crippen molar-refractivity contribution in [1.82, 2.24) is 14.9 Å². The van der Waals surface area contributed by atoms with Crippen LogP contribution in [-0.4, -0.2) is 41.0 Å². The lowest BCUT2D eigenvalue weighted by atomic mass is 10.1. The van der Waals surface area contributed by atoms with Crippen molar-refractivity contribution in [1.29, 1.82) is 0 Å². The molecular weight excluding hydrogens is 344 g/mol. The van der Waals surface area contributed by atoms with Crippen LogP contribution in [0.5, 0.6) is 0 Å². The molecule has 0 spiro atoms. The van der Waals surface area contributed by atoms with Gasteiger partial charge in [-0.25, -0.2) is 4.98 Å². The van der Waals surface area contributed by atoms with Crippen molar-refractivity contribution in [2.45, 2.75) is 13.8 Å². The topological polar surface area (TPSA) is 44.0 Å². The highest BCUT2D eigenvalue weighted by atomic mass is 35.5. The van der Waals surface area contributed by atoms with Gasteiger partial charge in [-0.2, -0.15) is 0 Å². The van der Waals surface area contributed by atoms with Crippen LogP contribution < -0.4 is 5.32 Å². The van der Waals surface area contributed by atoms with Gasteiger partial charge in [-0.3, -0.25) is 0 Å². The number of hydrogen-bond donors (Lipinski definition) is 2. The number of pyridine rings is 1. The Morgan fingerprint density at radius 2 is 1.88 bits per heavy atom. The zero-order valence-corrected chi connectivity index (χ0v) is 15.9. The van der Waals surface area contributed by atoms with Crippen molar-refractivity contribution in [3.8, 4) is 0 Å². The first-order valence-electron chi connectivity index (χ1n) is 9.17. The van der Waals surface area contributed by atoms with Crippen LogP contribution in [0.4, 0.5) is 5.82 Å². The molecule has 0 saturated heterocycles. The number of nitrogens with one attached hydrogen (secondary N) is 2. The molecule has 4 rings (SSSR count). The Morgan fingerprint density at radius 3 is 2.69 bits per heavy atom. The van der Waals surface area contributed by atoms with Gasteiger partial charge in [0, 0.05) is 39.8 Å². The molecule has 2 aromatic carbocycles. The summed E-state index contributed by atoms with van der Waals surface area (Å²) < 4.78 is 0. The fourth-order valence-corrected chi connectivity index (χ4v) is 3.75. The Labute approximate surface area is 158 Å². The first-order chi connectivity index (χ1) is 12.7. The van der Waals surface area contributed by atoms with Gasteiger partial charge >= 0.3 is 0 Å². The lowest BCUT2D eigenvalue weighted by Crippen LogP contribution is -2.28. The number of likely N-dealkylation sites (N-methyl/N-ethyl adjacent to an activating group) is 1. The van der Waals surface area contributed by atoms with E-state index in [4.69, 9.17) is 16.6 Å². The van der Waals surface area contributed by atoms with Crippen LogP contribution in [0.25, 0.3) is 32.7 Å². The quantitative estimate of drug-likeness (QED) is 0.488. The van der Waals surface area contributed by atoms with Gasteiger partial charge in [0.15, 0.2) is 5.82 Å². The summed E-state index contributed by atoms with van der Waals surface area (Å²) >= 11 is 6.27. The van der Waals surface area contributed by atoms with E-state index < -0.39 is 0 Å². The molecule has 0 unspecified atom stereocenters. The molecule has 0 radical (unpaired) electrons. The molecule has 134 valence electrons. The summed E-state index contributed by atoms with van der Waals surface area (Å²) in [6.45, 7) is 8.36. The van der Waals surface area contributed by atoms with Crippen molar-refractivity contribution in [3.05, 3.63) is 47.5 Å². The zero-order valence-electron chi connectivity index (χ0n) is 15.1. The van der Waals surface area contributed by atoms with Gasteiger partial charge in [0.25, 0.3) is 0 Å². The fraction of sp³-hybridized carbons (Fsp3) is 0.286. The number of para-hydroxylation sites is 1. The number of H-pyrrole nitrogens is 1. The summed E-state index contributed by atoms with van der Waals surface area (Å²) in [6.07, 6.45) is 0. The Morgan fingerprint density at radius 1 is 1.08 bits per heavy atom. The van der Waals surface area contributed by atoms with Gasteiger partial charge in [-0.1, -0.05) is 43.6 Å². The first-order valence-corrected chi connectivity index (χ1v) is 9.55. The number of benzene rings is 2. The van der Waals surface area contributed by atoms with Crippen LogP contribution in [-0.2, 0) is 0 Å². The van der Waals surface area contributed by atoms with Crippen molar-refractivity contribution >= 4 is 50.1 Å². The molecule has 2 heterocycles. The molecule has 26 heavy (non-hydrogen) atoms. The number of anilines is 1. The molecule has 0 atom stereocenters. The standard InChI is InChI=1S/C21H23ClN4/c1-3-26(4-2)12-11-23-21-20-19(15-7-5-6-8-17(15)25-21)16-13-14(22)9-10-18(16)24-20/h5-10,13,24H,3-4,11-12H2,1-2H3,(H,23,25). The molecule has 0 aliphatic rings. The van der Waals surface area contributed by atoms with Crippen LogP contribution in [0.1, 0.15) is 13.8 Å². The van der Waals surface area contributed by atoms with Gasteiger partial charge in [0.05, 0.1) is 11.0 Å². The second-order valence-electron chi connectivity index (χ2n) is 6.50. The summed E-state index contributed by atoms with van der Waals surface area (Å²) in [6, 6.07) is 14.3. The number of nitrogens with zero attached hydrogens (tertiary/aromatic N) is 2. The maximum Gasteiger partial charge on any atom is 0.151 e. The SMILES string of the molecule is CCN(CC)CCNc1nc2ccccc2c2c1[nH]c1ccc(Cl)cc12. The van der Waals surface area contributed by atoms with Crippen LogP contribution in [0.15, 0.2) is 42.5 Å². The van der Waals surface area contributed by atoms with Crippen molar-refractivity contribution in [2.24, 2.45) is 0 Å². The summed E-state index contributed by atoms with van der Waals surface area (Å²) in [5.74, 6) is 0.901. The Bertz CT molecular complexity index is 1070. The van der Waals surface area contributed by atoms with Crippen LogP contribution >= 0.6 is 11.6 Å². The highest BCUT2D eigenvalue weighted by Crippen LogP contribution is 2.36. The first kappa shape index (κ1) is 17.1. The highest BCUT2D eigenvalue weighted by molar-refractivity contribution is 6.32. The maximum absolute atomic E-state index is 6.27. The van der Waals surface area contributed by atoms with Gasteiger partial charge in [0.2, 0.25) is 0 Å². The third-order valence-corrected chi connectivity index (χ3v) is 5.25. The second-order valence-corrected chi connectivity index (χ2v) is 6.93. The Kier molecular flexibility index (Phi) is 4.70. The third-order valence-electron chi connectivity index (χ3n) is 5.02. The number of hydrogen-bond acceptors (Lipinski definition) is 3. The molecule has 2 N–H and O–H groups in total. The van der Waals surface area contributed by atoms with Gasteiger partial charge in [0.1, 0.15) is 0 Å². The van der Waals surface area contributed by atoms with Crippen LogP contribution in [0.3, 0.4) is 0 Å². The number of aromatic nitrogens is 2. The number of halogens is 1. The predicted octanol–water partition coefficient (Wildman–Crippen LogP) is 5.28. The van der Waals surface area contributed by atoms with E-state index in [1.807, 2.05) is 24.3 Å². The van der Waals surface area contributed by atoms with Crippen molar-refractivity contribution in [3.63, 3.8) is 0 Å². The van der Waals surface area contributed by atoms with Gasteiger partial charge < -0.3 is 15.2 Å². The molecule has 0 fully saturated rings. The third kappa shape index (κ3) is 3.00. The molecule has 5 heteroatoms. The monoisotopic (exact) mass is 366 g/mol.